The van der Waals surface area contributed by atoms with Crippen molar-refractivity contribution in [3.05, 3.63) is 133 Å². The van der Waals surface area contributed by atoms with Gasteiger partial charge in [0.2, 0.25) is 0 Å². The van der Waals surface area contributed by atoms with E-state index in [0.717, 1.165) is 38.9 Å². The summed E-state index contributed by atoms with van der Waals surface area (Å²) in [5.41, 5.74) is 7.15. The first-order valence-corrected chi connectivity index (χ1v) is 12.7. The van der Waals surface area contributed by atoms with Crippen molar-refractivity contribution in [2.24, 2.45) is 0 Å². The molecule has 39 heavy (non-hydrogen) atoms. The largest absolute Gasteiger partial charge is 0.488 e. The molecule has 0 spiro atoms. The molecule has 2 N–H and O–H groups in total. The van der Waals surface area contributed by atoms with Crippen LogP contribution in [-0.4, -0.2) is 32.1 Å². The molecule has 0 amide bonds. The number of rotatable bonds is 6. The molecule has 1 aromatic heterocycles. The second-order valence-corrected chi connectivity index (χ2v) is 9.20. The lowest BCUT2D eigenvalue weighted by atomic mass is 9.79. The summed E-state index contributed by atoms with van der Waals surface area (Å²) in [4.78, 5) is 14.6. The van der Waals surface area contributed by atoms with Crippen molar-refractivity contribution in [1.82, 2.24) is 15.0 Å². The maximum atomic E-state index is 9.62. The summed E-state index contributed by atoms with van der Waals surface area (Å²) in [7, 11) is -1.53. The normalized spacial score (nSPS) is 10.8. The Hall–Kier alpha value is -4.91. The molecule has 1 heterocycles. The van der Waals surface area contributed by atoms with Gasteiger partial charge in [-0.1, -0.05) is 127 Å². The lowest BCUT2D eigenvalue weighted by Gasteiger charge is -2.10. The first-order valence-electron chi connectivity index (χ1n) is 12.7. The Labute approximate surface area is 227 Å². The number of aromatic nitrogens is 3. The van der Waals surface area contributed by atoms with Gasteiger partial charge >= 0.3 is 7.12 Å². The highest BCUT2D eigenvalue weighted by molar-refractivity contribution is 6.58. The first-order chi connectivity index (χ1) is 19.1. The predicted octanol–water partition coefficient (Wildman–Crippen LogP) is 5.89. The molecule has 0 saturated heterocycles. The van der Waals surface area contributed by atoms with Crippen molar-refractivity contribution < 1.29 is 10.0 Å². The lowest BCUT2D eigenvalue weighted by Crippen LogP contribution is -2.29. The van der Waals surface area contributed by atoms with Gasteiger partial charge in [-0.15, -0.1) is 0 Å². The van der Waals surface area contributed by atoms with Crippen LogP contribution in [0, 0.1) is 0 Å². The van der Waals surface area contributed by atoms with Gasteiger partial charge in [0.15, 0.2) is 17.5 Å². The highest BCUT2D eigenvalue weighted by Crippen LogP contribution is 2.29. The molecule has 5 aromatic carbocycles. The van der Waals surface area contributed by atoms with Gasteiger partial charge in [-0.3, -0.25) is 0 Å². The van der Waals surface area contributed by atoms with Crippen LogP contribution in [0.15, 0.2) is 133 Å². The zero-order valence-corrected chi connectivity index (χ0v) is 21.0. The molecule has 0 atom stereocenters. The van der Waals surface area contributed by atoms with Crippen molar-refractivity contribution in [1.29, 1.82) is 0 Å². The van der Waals surface area contributed by atoms with Crippen LogP contribution in [0.5, 0.6) is 0 Å². The molecule has 0 aliphatic heterocycles. The van der Waals surface area contributed by atoms with Gasteiger partial charge < -0.3 is 10.0 Å². The van der Waals surface area contributed by atoms with E-state index in [0.29, 0.717) is 22.9 Å². The monoisotopic (exact) mass is 505 g/mol. The van der Waals surface area contributed by atoms with E-state index in [1.54, 1.807) is 12.1 Å². The minimum absolute atomic E-state index is 0.436. The number of nitrogens with zero attached hydrogens (tertiary/aromatic N) is 3. The molecular formula is C33H24BN3O2. The van der Waals surface area contributed by atoms with E-state index in [2.05, 4.69) is 24.3 Å². The van der Waals surface area contributed by atoms with E-state index in [4.69, 9.17) is 15.0 Å². The second-order valence-electron chi connectivity index (χ2n) is 9.20. The number of benzene rings is 5. The smallest absolute Gasteiger partial charge is 0.423 e. The molecule has 0 bridgehead atoms. The Morgan fingerprint density at radius 1 is 0.359 bits per heavy atom. The van der Waals surface area contributed by atoms with Gasteiger partial charge in [0, 0.05) is 16.7 Å². The van der Waals surface area contributed by atoms with Crippen LogP contribution in [0.25, 0.3) is 56.4 Å². The van der Waals surface area contributed by atoms with Gasteiger partial charge in [-0.2, -0.15) is 0 Å². The lowest BCUT2D eigenvalue weighted by molar-refractivity contribution is 0.426. The standard InChI is InChI=1S/C33H24BN3O2/c38-34(39)30-16-8-14-28(22-30)27-13-7-15-29(21-27)33-36-31(25-11-5-2-6-12-25)35-32(37-33)26-19-17-24(18-20-26)23-9-3-1-4-10-23/h1-22,38-39H. The predicted molar refractivity (Wildman–Crippen MR) is 157 cm³/mol. The summed E-state index contributed by atoms with van der Waals surface area (Å²) in [5, 5.41) is 19.2. The first kappa shape index (κ1) is 24.4. The zero-order valence-electron chi connectivity index (χ0n) is 21.0. The fraction of sp³-hybridized carbons (Fsp3) is 0. The molecule has 6 heteroatoms. The minimum atomic E-state index is -1.53. The topological polar surface area (TPSA) is 79.1 Å². The van der Waals surface area contributed by atoms with Crippen molar-refractivity contribution in [3.63, 3.8) is 0 Å². The highest BCUT2D eigenvalue weighted by Gasteiger charge is 2.14. The Balaban J connectivity index is 1.44. The fourth-order valence-corrected chi connectivity index (χ4v) is 4.51. The summed E-state index contributed by atoms with van der Waals surface area (Å²) in [6.07, 6.45) is 0. The van der Waals surface area contributed by atoms with Crippen LogP contribution < -0.4 is 5.46 Å². The summed E-state index contributed by atoms with van der Waals surface area (Å²) in [6.45, 7) is 0. The van der Waals surface area contributed by atoms with Gasteiger partial charge in [-0.05, 0) is 33.8 Å². The average Bonchev–Trinajstić information content (AvgIpc) is 3.02. The molecule has 0 fully saturated rings. The number of hydrogen-bond acceptors (Lipinski definition) is 5. The third-order valence-corrected chi connectivity index (χ3v) is 6.56. The minimum Gasteiger partial charge on any atom is -0.423 e. The van der Waals surface area contributed by atoms with E-state index in [1.807, 2.05) is 97.1 Å². The van der Waals surface area contributed by atoms with Crippen molar-refractivity contribution in [2.45, 2.75) is 0 Å². The van der Waals surface area contributed by atoms with E-state index >= 15 is 0 Å². The molecule has 0 unspecified atom stereocenters. The molecule has 0 saturated carbocycles. The molecule has 0 aliphatic carbocycles. The molecular weight excluding hydrogens is 481 g/mol. The maximum absolute atomic E-state index is 9.62. The molecule has 6 rings (SSSR count). The van der Waals surface area contributed by atoms with Crippen LogP contribution >= 0.6 is 0 Å². The van der Waals surface area contributed by atoms with Crippen molar-refractivity contribution in [3.8, 4) is 56.4 Å². The van der Waals surface area contributed by atoms with E-state index in [1.165, 1.54) is 0 Å². The van der Waals surface area contributed by atoms with Crippen LogP contribution in [-0.2, 0) is 0 Å². The van der Waals surface area contributed by atoms with Crippen molar-refractivity contribution in [2.75, 3.05) is 0 Å². The van der Waals surface area contributed by atoms with Gasteiger partial charge in [0.05, 0.1) is 0 Å². The third-order valence-electron chi connectivity index (χ3n) is 6.56. The Bertz CT molecular complexity index is 1720. The van der Waals surface area contributed by atoms with E-state index in [-0.39, 0.29) is 0 Å². The van der Waals surface area contributed by atoms with E-state index in [9.17, 15) is 10.0 Å². The quantitative estimate of drug-likeness (QED) is 0.276. The van der Waals surface area contributed by atoms with Crippen LogP contribution in [0.4, 0.5) is 0 Å². The van der Waals surface area contributed by atoms with Crippen LogP contribution in [0.2, 0.25) is 0 Å². The SMILES string of the molecule is OB(O)c1cccc(-c2cccc(-c3nc(-c4ccccc4)nc(-c4ccc(-c5ccccc5)cc4)n3)c2)c1. The average molecular weight is 505 g/mol. The van der Waals surface area contributed by atoms with Crippen molar-refractivity contribution >= 4 is 12.6 Å². The third kappa shape index (κ3) is 5.38. The Morgan fingerprint density at radius 3 is 1.38 bits per heavy atom. The summed E-state index contributed by atoms with van der Waals surface area (Å²) in [6, 6.07) is 43.5. The van der Waals surface area contributed by atoms with Crippen LogP contribution in [0.1, 0.15) is 0 Å². The van der Waals surface area contributed by atoms with Gasteiger partial charge in [0.25, 0.3) is 0 Å². The van der Waals surface area contributed by atoms with E-state index < -0.39 is 7.12 Å². The molecule has 5 nitrogen and oxygen atoms in total. The highest BCUT2D eigenvalue weighted by atomic mass is 16.4. The second kappa shape index (κ2) is 10.8. The molecule has 6 aromatic rings. The Kier molecular flexibility index (Phi) is 6.79. The molecule has 0 aliphatic rings. The number of hydrogen-bond donors (Lipinski definition) is 2. The zero-order chi connectivity index (χ0) is 26.6. The summed E-state index contributed by atoms with van der Waals surface area (Å²) >= 11 is 0. The summed E-state index contributed by atoms with van der Waals surface area (Å²) in [5.74, 6) is 1.75. The Morgan fingerprint density at radius 2 is 0.769 bits per heavy atom. The maximum Gasteiger partial charge on any atom is 0.488 e. The van der Waals surface area contributed by atoms with Crippen LogP contribution in [0.3, 0.4) is 0 Å². The molecule has 186 valence electrons. The fourth-order valence-electron chi connectivity index (χ4n) is 4.51. The van der Waals surface area contributed by atoms with Gasteiger partial charge in [-0.25, -0.2) is 15.0 Å². The van der Waals surface area contributed by atoms with Gasteiger partial charge in [0.1, 0.15) is 0 Å². The molecule has 0 radical (unpaired) electrons. The summed E-state index contributed by atoms with van der Waals surface area (Å²) < 4.78 is 0.